The van der Waals surface area contributed by atoms with Gasteiger partial charge in [0.25, 0.3) is 0 Å². The molecule has 0 heterocycles. The average Bonchev–Trinajstić information content (AvgIpc) is 2.25. The second-order valence-electron chi connectivity index (χ2n) is 4.84. The molecule has 1 aromatic carbocycles. The van der Waals surface area contributed by atoms with Gasteiger partial charge in [0.1, 0.15) is 12.4 Å². The van der Waals surface area contributed by atoms with Gasteiger partial charge in [0.2, 0.25) is 0 Å². The van der Waals surface area contributed by atoms with Crippen molar-refractivity contribution >= 4 is 5.69 Å². The van der Waals surface area contributed by atoms with Crippen molar-refractivity contribution in [2.45, 2.75) is 39.8 Å². The predicted molar refractivity (Wildman–Crippen MR) is 73.3 cm³/mol. The van der Waals surface area contributed by atoms with Gasteiger partial charge in [-0.05, 0) is 52.0 Å². The maximum Gasteiger partial charge on any atom is 0.119 e. The lowest BCUT2D eigenvalue weighted by Gasteiger charge is -2.30. The van der Waals surface area contributed by atoms with Crippen LogP contribution >= 0.6 is 0 Å². The largest absolute Gasteiger partial charge is 0.492 e. The summed E-state index contributed by atoms with van der Waals surface area (Å²) in [6.45, 7) is 10.5. The molecule has 0 saturated carbocycles. The molecule has 0 saturated heterocycles. The fourth-order valence-corrected chi connectivity index (χ4v) is 1.95. The molecule has 0 bridgehead atoms. The van der Waals surface area contributed by atoms with Gasteiger partial charge >= 0.3 is 0 Å². The van der Waals surface area contributed by atoms with Crippen LogP contribution in [-0.4, -0.2) is 30.1 Å². The molecule has 0 aliphatic heterocycles. The van der Waals surface area contributed by atoms with Crippen LogP contribution in [0.2, 0.25) is 0 Å². The zero-order valence-electron chi connectivity index (χ0n) is 11.3. The lowest BCUT2D eigenvalue weighted by molar-refractivity contribution is 0.142. The van der Waals surface area contributed by atoms with Crippen molar-refractivity contribution in [1.82, 2.24) is 4.90 Å². The van der Waals surface area contributed by atoms with E-state index in [1.54, 1.807) is 0 Å². The Balaban J connectivity index is 2.38. The molecule has 96 valence electrons. The first kappa shape index (κ1) is 13.8. The quantitative estimate of drug-likeness (QED) is 0.772. The SMILES string of the molecule is CC(C)N(CCOc1ccc(N)cc1)C(C)C. The first-order valence-electron chi connectivity index (χ1n) is 6.24. The fraction of sp³-hybridized carbons (Fsp3) is 0.571. The van der Waals surface area contributed by atoms with Crippen LogP contribution in [0.3, 0.4) is 0 Å². The number of ether oxygens (including phenoxy) is 1. The Morgan fingerprint density at radius 3 is 2.06 bits per heavy atom. The normalized spacial score (nSPS) is 11.5. The Morgan fingerprint density at radius 2 is 1.59 bits per heavy atom. The van der Waals surface area contributed by atoms with Crippen LogP contribution in [0.5, 0.6) is 5.75 Å². The van der Waals surface area contributed by atoms with Gasteiger partial charge in [-0.2, -0.15) is 0 Å². The second-order valence-corrected chi connectivity index (χ2v) is 4.84. The third-order valence-electron chi connectivity index (χ3n) is 2.82. The minimum absolute atomic E-state index is 0.546. The molecule has 2 N–H and O–H groups in total. The molecule has 1 aromatic rings. The number of benzene rings is 1. The lowest BCUT2D eigenvalue weighted by atomic mass is 10.2. The summed E-state index contributed by atoms with van der Waals surface area (Å²) in [5.41, 5.74) is 6.39. The van der Waals surface area contributed by atoms with Crippen molar-refractivity contribution in [3.8, 4) is 5.75 Å². The number of nitrogen functional groups attached to an aromatic ring is 1. The van der Waals surface area contributed by atoms with Crippen molar-refractivity contribution in [2.24, 2.45) is 0 Å². The van der Waals surface area contributed by atoms with Crippen molar-refractivity contribution in [2.75, 3.05) is 18.9 Å². The summed E-state index contributed by atoms with van der Waals surface area (Å²) in [6.07, 6.45) is 0. The van der Waals surface area contributed by atoms with Gasteiger partial charge in [0.15, 0.2) is 0 Å². The summed E-state index contributed by atoms with van der Waals surface area (Å²) in [6, 6.07) is 8.63. The van der Waals surface area contributed by atoms with E-state index in [1.807, 2.05) is 24.3 Å². The van der Waals surface area contributed by atoms with Crippen molar-refractivity contribution in [3.05, 3.63) is 24.3 Å². The summed E-state index contributed by atoms with van der Waals surface area (Å²) in [4.78, 5) is 2.41. The molecule has 0 amide bonds. The monoisotopic (exact) mass is 236 g/mol. The molecule has 0 fully saturated rings. The summed E-state index contributed by atoms with van der Waals surface area (Å²) in [5, 5.41) is 0. The van der Waals surface area contributed by atoms with E-state index < -0.39 is 0 Å². The Labute approximate surface area is 105 Å². The van der Waals surface area contributed by atoms with E-state index in [9.17, 15) is 0 Å². The van der Waals surface area contributed by atoms with Gasteiger partial charge in [-0.25, -0.2) is 0 Å². The molecule has 3 heteroatoms. The molecule has 17 heavy (non-hydrogen) atoms. The van der Waals surface area contributed by atoms with Gasteiger partial charge in [-0.1, -0.05) is 0 Å². The number of nitrogens with zero attached hydrogens (tertiary/aromatic N) is 1. The highest BCUT2D eigenvalue weighted by molar-refractivity contribution is 5.41. The summed E-state index contributed by atoms with van der Waals surface area (Å²) in [5.74, 6) is 0.881. The van der Waals surface area contributed by atoms with Crippen LogP contribution in [0.1, 0.15) is 27.7 Å². The minimum atomic E-state index is 0.546. The summed E-state index contributed by atoms with van der Waals surface area (Å²) in [7, 11) is 0. The molecule has 0 aliphatic carbocycles. The van der Waals surface area contributed by atoms with E-state index in [4.69, 9.17) is 10.5 Å². The number of anilines is 1. The molecular formula is C14H24N2O. The van der Waals surface area contributed by atoms with Gasteiger partial charge < -0.3 is 10.5 Å². The molecule has 0 spiro atoms. The Kier molecular flexibility index (Phi) is 5.29. The van der Waals surface area contributed by atoms with Gasteiger partial charge in [0.05, 0.1) is 0 Å². The number of hydrogen-bond donors (Lipinski definition) is 1. The first-order chi connectivity index (χ1) is 8.00. The zero-order chi connectivity index (χ0) is 12.8. The highest BCUT2D eigenvalue weighted by Crippen LogP contribution is 2.13. The predicted octanol–water partition coefficient (Wildman–Crippen LogP) is 2.77. The second kappa shape index (κ2) is 6.50. The molecule has 3 nitrogen and oxygen atoms in total. The van der Waals surface area contributed by atoms with E-state index in [1.165, 1.54) is 0 Å². The molecular weight excluding hydrogens is 212 g/mol. The number of hydrogen-bond acceptors (Lipinski definition) is 3. The third-order valence-corrected chi connectivity index (χ3v) is 2.82. The van der Waals surface area contributed by atoms with Crippen LogP contribution in [0.15, 0.2) is 24.3 Å². The molecule has 1 rings (SSSR count). The molecule has 0 radical (unpaired) electrons. The first-order valence-corrected chi connectivity index (χ1v) is 6.24. The smallest absolute Gasteiger partial charge is 0.119 e. The highest BCUT2D eigenvalue weighted by Gasteiger charge is 2.12. The molecule has 0 atom stereocenters. The summed E-state index contributed by atoms with van der Waals surface area (Å²) < 4.78 is 5.69. The Hall–Kier alpha value is -1.22. The van der Waals surface area contributed by atoms with E-state index >= 15 is 0 Å². The van der Waals surface area contributed by atoms with Crippen LogP contribution in [-0.2, 0) is 0 Å². The van der Waals surface area contributed by atoms with Crippen molar-refractivity contribution in [1.29, 1.82) is 0 Å². The standard InChI is InChI=1S/C14H24N2O/c1-11(2)16(12(3)4)9-10-17-14-7-5-13(15)6-8-14/h5-8,11-12H,9-10,15H2,1-4H3. The maximum absolute atomic E-state index is 5.69. The van der Waals surface area contributed by atoms with Crippen LogP contribution in [0.4, 0.5) is 5.69 Å². The van der Waals surface area contributed by atoms with Crippen molar-refractivity contribution in [3.63, 3.8) is 0 Å². The van der Waals surface area contributed by atoms with Crippen LogP contribution in [0, 0.1) is 0 Å². The molecule has 0 aliphatic rings. The van der Waals surface area contributed by atoms with E-state index in [0.717, 1.165) is 18.0 Å². The number of nitrogens with two attached hydrogens (primary N) is 1. The van der Waals surface area contributed by atoms with Crippen LogP contribution < -0.4 is 10.5 Å². The van der Waals surface area contributed by atoms with Crippen molar-refractivity contribution < 1.29 is 4.74 Å². The third kappa shape index (κ3) is 4.65. The van der Waals surface area contributed by atoms with E-state index in [0.29, 0.717) is 18.7 Å². The zero-order valence-corrected chi connectivity index (χ0v) is 11.3. The van der Waals surface area contributed by atoms with Gasteiger partial charge in [-0.15, -0.1) is 0 Å². The topological polar surface area (TPSA) is 38.5 Å². The fourth-order valence-electron chi connectivity index (χ4n) is 1.95. The highest BCUT2D eigenvalue weighted by atomic mass is 16.5. The van der Waals surface area contributed by atoms with E-state index in [-0.39, 0.29) is 0 Å². The Morgan fingerprint density at radius 1 is 1.06 bits per heavy atom. The van der Waals surface area contributed by atoms with Gasteiger partial charge in [-0.3, -0.25) is 4.90 Å². The van der Waals surface area contributed by atoms with Gasteiger partial charge in [0, 0.05) is 24.3 Å². The van der Waals surface area contributed by atoms with Crippen LogP contribution in [0.25, 0.3) is 0 Å². The minimum Gasteiger partial charge on any atom is -0.492 e. The lowest BCUT2D eigenvalue weighted by Crippen LogP contribution is -2.39. The molecule has 0 unspecified atom stereocenters. The summed E-state index contributed by atoms with van der Waals surface area (Å²) >= 11 is 0. The number of rotatable bonds is 6. The molecule has 0 aromatic heterocycles. The Bertz CT molecular complexity index is 311. The maximum atomic E-state index is 5.69. The van der Waals surface area contributed by atoms with E-state index in [2.05, 4.69) is 32.6 Å². The average molecular weight is 236 g/mol.